The molecule has 2 N–H and O–H groups in total. The summed E-state index contributed by atoms with van der Waals surface area (Å²) in [6.07, 6.45) is 1.65. The van der Waals surface area contributed by atoms with Crippen molar-refractivity contribution in [2.45, 2.75) is 13.8 Å². The van der Waals surface area contributed by atoms with Crippen LogP contribution in [0.15, 0.2) is 42.6 Å². The van der Waals surface area contributed by atoms with Crippen LogP contribution < -0.4 is 15.5 Å². The molecule has 26 heavy (non-hydrogen) atoms. The molecule has 6 nitrogen and oxygen atoms in total. The van der Waals surface area contributed by atoms with Gasteiger partial charge in [0, 0.05) is 49.3 Å². The number of likely N-dealkylation sites (N-methyl/N-ethyl adjacent to an activating group) is 1. The summed E-state index contributed by atoms with van der Waals surface area (Å²) in [7, 11) is 3.96. The Morgan fingerprint density at radius 1 is 1.08 bits per heavy atom. The molecule has 6 heteroatoms. The fraction of sp³-hybridized carbons (Fsp3) is 0.400. The average molecular weight is 355 g/mol. The highest BCUT2D eigenvalue weighted by Gasteiger charge is 2.07. The number of hydrogen-bond acceptors (Lipinski definition) is 5. The number of nitrogens with one attached hydrogen (secondary N) is 2. The van der Waals surface area contributed by atoms with Gasteiger partial charge in [0.15, 0.2) is 0 Å². The summed E-state index contributed by atoms with van der Waals surface area (Å²) < 4.78 is 0. The van der Waals surface area contributed by atoms with E-state index in [0.717, 1.165) is 25.3 Å². The summed E-state index contributed by atoms with van der Waals surface area (Å²) in [6.45, 7) is 7.68. The van der Waals surface area contributed by atoms with Crippen molar-refractivity contribution in [2.75, 3.05) is 50.5 Å². The van der Waals surface area contributed by atoms with Crippen molar-refractivity contribution in [2.24, 2.45) is 0 Å². The van der Waals surface area contributed by atoms with Crippen LogP contribution >= 0.6 is 0 Å². The Hall–Kier alpha value is -2.60. The van der Waals surface area contributed by atoms with Crippen molar-refractivity contribution in [3.63, 3.8) is 0 Å². The van der Waals surface area contributed by atoms with E-state index < -0.39 is 0 Å². The van der Waals surface area contributed by atoms with Crippen LogP contribution in [0.25, 0.3) is 0 Å². The molecule has 1 amide bonds. The molecule has 0 aliphatic heterocycles. The predicted octanol–water partition coefficient (Wildman–Crippen LogP) is 2.96. The van der Waals surface area contributed by atoms with E-state index in [1.807, 2.05) is 31.1 Å². The van der Waals surface area contributed by atoms with Gasteiger partial charge in [0.05, 0.1) is 0 Å². The first kappa shape index (κ1) is 19.7. The Labute approximate surface area is 156 Å². The number of hydrogen-bond donors (Lipinski definition) is 2. The zero-order valence-corrected chi connectivity index (χ0v) is 16.1. The van der Waals surface area contributed by atoms with Crippen LogP contribution in [0.5, 0.6) is 0 Å². The van der Waals surface area contributed by atoms with Gasteiger partial charge in [-0.05, 0) is 64.3 Å². The molecule has 0 saturated heterocycles. The van der Waals surface area contributed by atoms with Gasteiger partial charge in [0.25, 0.3) is 5.91 Å². The van der Waals surface area contributed by atoms with E-state index in [1.54, 1.807) is 18.3 Å². The number of pyridine rings is 1. The molecule has 0 atom stereocenters. The lowest BCUT2D eigenvalue weighted by molar-refractivity contribution is 0.0951. The minimum absolute atomic E-state index is 0.0887. The molecule has 2 aromatic rings. The molecule has 1 aromatic heterocycles. The maximum atomic E-state index is 12.2. The first-order valence-electron chi connectivity index (χ1n) is 9.04. The van der Waals surface area contributed by atoms with Crippen molar-refractivity contribution in [1.29, 1.82) is 0 Å². The van der Waals surface area contributed by atoms with E-state index in [1.165, 1.54) is 5.69 Å². The molecule has 0 spiro atoms. The van der Waals surface area contributed by atoms with E-state index in [2.05, 4.69) is 46.5 Å². The molecule has 1 heterocycles. The van der Waals surface area contributed by atoms with Crippen LogP contribution in [0.3, 0.4) is 0 Å². The van der Waals surface area contributed by atoms with Crippen molar-refractivity contribution in [3.8, 4) is 0 Å². The highest BCUT2D eigenvalue weighted by atomic mass is 16.1. The largest absolute Gasteiger partial charge is 0.372 e. The molecular weight excluding hydrogens is 326 g/mol. The molecule has 0 aliphatic carbocycles. The van der Waals surface area contributed by atoms with Crippen molar-refractivity contribution < 1.29 is 4.79 Å². The van der Waals surface area contributed by atoms with Gasteiger partial charge in [0.2, 0.25) is 0 Å². The summed E-state index contributed by atoms with van der Waals surface area (Å²) in [4.78, 5) is 20.9. The maximum absolute atomic E-state index is 12.2. The molecule has 1 aromatic carbocycles. The third-order valence-corrected chi connectivity index (χ3v) is 4.14. The SMILES string of the molecule is CCN(CC)c1ccc(Nc2cc(C(=O)NCCN(C)C)ccn2)cc1. The lowest BCUT2D eigenvalue weighted by Crippen LogP contribution is -2.31. The third-order valence-electron chi connectivity index (χ3n) is 4.14. The van der Waals surface area contributed by atoms with Crippen molar-refractivity contribution >= 4 is 23.1 Å². The molecule has 0 radical (unpaired) electrons. The lowest BCUT2D eigenvalue weighted by atomic mass is 10.2. The van der Waals surface area contributed by atoms with E-state index >= 15 is 0 Å². The highest BCUT2D eigenvalue weighted by molar-refractivity contribution is 5.94. The predicted molar refractivity (Wildman–Crippen MR) is 108 cm³/mol. The molecular formula is C20H29N5O. The summed E-state index contributed by atoms with van der Waals surface area (Å²) in [5, 5.41) is 6.17. The van der Waals surface area contributed by atoms with Gasteiger partial charge in [-0.3, -0.25) is 4.79 Å². The molecule has 0 fully saturated rings. The highest BCUT2D eigenvalue weighted by Crippen LogP contribution is 2.20. The zero-order chi connectivity index (χ0) is 18.9. The number of carbonyl (C=O) groups is 1. The molecule has 0 bridgehead atoms. The normalized spacial score (nSPS) is 10.7. The summed E-state index contributed by atoms with van der Waals surface area (Å²) in [6, 6.07) is 11.7. The second-order valence-corrected chi connectivity index (χ2v) is 6.33. The summed E-state index contributed by atoms with van der Waals surface area (Å²) in [5.41, 5.74) is 2.74. The van der Waals surface area contributed by atoms with Gasteiger partial charge >= 0.3 is 0 Å². The average Bonchev–Trinajstić information content (AvgIpc) is 2.64. The topological polar surface area (TPSA) is 60.5 Å². The van der Waals surface area contributed by atoms with Gasteiger partial charge in [0.1, 0.15) is 5.82 Å². The number of rotatable bonds is 9. The minimum atomic E-state index is -0.0887. The zero-order valence-electron chi connectivity index (χ0n) is 16.1. The van der Waals surface area contributed by atoms with Gasteiger partial charge in [-0.15, -0.1) is 0 Å². The number of anilines is 3. The van der Waals surface area contributed by atoms with Crippen LogP contribution in [0, 0.1) is 0 Å². The Morgan fingerprint density at radius 3 is 2.38 bits per heavy atom. The summed E-state index contributed by atoms with van der Waals surface area (Å²) >= 11 is 0. The van der Waals surface area contributed by atoms with Gasteiger partial charge in [-0.25, -0.2) is 4.98 Å². The summed E-state index contributed by atoms with van der Waals surface area (Å²) in [5.74, 6) is 0.565. The fourth-order valence-corrected chi connectivity index (χ4v) is 2.63. The molecule has 0 unspecified atom stereocenters. The number of aromatic nitrogens is 1. The Morgan fingerprint density at radius 2 is 1.77 bits per heavy atom. The molecule has 0 aliphatic rings. The standard InChI is InChI=1S/C20H29N5O/c1-5-25(6-2)18-9-7-17(8-10-18)23-19-15-16(11-12-21-19)20(26)22-13-14-24(3)4/h7-12,15H,5-6,13-14H2,1-4H3,(H,21,23)(H,22,26). The van der Waals surface area contributed by atoms with Crippen LogP contribution in [0.4, 0.5) is 17.2 Å². The fourth-order valence-electron chi connectivity index (χ4n) is 2.63. The monoisotopic (exact) mass is 355 g/mol. The minimum Gasteiger partial charge on any atom is -0.372 e. The van der Waals surface area contributed by atoms with Gasteiger partial charge in [-0.1, -0.05) is 0 Å². The van der Waals surface area contributed by atoms with Crippen LogP contribution in [-0.2, 0) is 0 Å². The molecule has 140 valence electrons. The van der Waals surface area contributed by atoms with Crippen molar-refractivity contribution in [3.05, 3.63) is 48.2 Å². The third kappa shape index (κ3) is 5.74. The number of benzene rings is 1. The second kappa shape index (κ2) is 9.77. The van der Waals surface area contributed by atoms with E-state index in [0.29, 0.717) is 17.9 Å². The van der Waals surface area contributed by atoms with Crippen LogP contribution in [0.2, 0.25) is 0 Å². The van der Waals surface area contributed by atoms with E-state index in [4.69, 9.17) is 0 Å². The molecule has 0 saturated carbocycles. The van der Waals surface area contributed by atoms with Crippen molar-refractivity contribution in [1.82, 2.24) is 15.2 Å². The smallest absolute Gasteiger partial charge is 0.251 e. The number of amides is 1. The van der Waals surface area contributed by atoms with E-state index in [-0.39, 0.29) is 5.91 Å². The van der Waals surface area contributed by atoms with Crippen LogP contribution in [-0.4, -0.2) is 56.1 Å². The molecule has 2 rings (SSSR count). The number of carbonyl (C=O) groups excluding carboxylic acids is 1. The Bertz CT molecular complexity index is 696. The van der Waals surface area contributed by atoms with Gasteiger partial charge in [-0.2, -0.15) is 0 Å². The first-order chi connectivity index (χ1) is 12.5. The van der Waals surface area contributed by atoms with Gasteiger partial charge < -0.3 is 20.4 Å². The quantitative estimate of drug-likeness (QED) is 0.724. The lowest BCUT2D eigenvalue weighted by Gasteiger charge is -2.21. The van der Waals surface area contributed by atoms with Crippen LogP contribution in [0.1, 0.15) is 24.2 Å². The van der Waals surface area contributed by atoms with E-state index in [9.17, 15) is 4.79 Å². The Kier molecular flexibility index (Phi) is 7.41. The second-order valence-electron chi connectivity index (χ2n) is 6.33. The Balaban J connectivity index is 2.00. The first-order valence-corrected chi connectivity index (χ1v) is 9.04. The maximum Gasteiger partial charge on any atom is 0.251 e. The number of nitrogens with zero attached hydrogens (tertiary/aromatic N) is 3.